The number of thiol groups is 1. The number of nitrogens with two attached hydrogens (primary N) is 1. The molecule has 3 amide bonds. The topological polar surface area (TPSA) is 113 Å². The minimum absolute atomic E-state index is 0.0657. The van der Waals surface area contributed by atoms with Crippen molar-refractivity contribution in [1.29, 1.82) is 0 Å². The van der Waals surface area contributed by atoms with Crippen LogP contribution in [-0.4, -0.2) is 67.0 Å². The van der Waals surface area contributed by atoms with Gasteiger partial charge in [-0.3, -0.25) is 14.4 Å². The lowest BCUT2D eigenvalue weighted by Crippen LogP contribution is -2.50. The van der Waals surface area contributed by atoms with E-state index in [0.29, 0.717) is 37.9 Å². The maximum atomic E-state index is 12.4. The summed E-state index contributed by atoms with van der Waals surface area (Å²) in [6.45, 7) is 1.23. The first kappa shape index (κ1) is 27.3. The molecule has 2 unspecified atom stereocenters. The van der Waals surface area contributed by atoms with E-state index >= 15 is 0 Å². The highest BCUT2D eigenvalue weighted by atomic mass is 33.1. The van der Waals surface area contributed by atoms with Crippen molar-refractivity contribution < 1.29 is 14.4 Å². The van der Waals surface area contributed by atoms with E-state index in [1.807, 2.05) is 10.8 Å². The van der Waals surface area contributed by atoms with Gasteiger partial charge in [0.05, 0.1) is 6.42 Å². The summed E-state index contributed by atoms with van der Waals surface area (Å²) in [6, 6.07) is -0.877. The van der Waals surface area contributed by atoms with E-state index in [2.05, 4.69) is 40.7 Å². The summed E-state index contributed by atoms with van der Waals surface area (Å²) in [6.07, 6.45) is 7.20. The zero-order valence-electron chi connectivity index (χ0n) is 18.0. The molecule has 1 aliphatic carbocycles. The summed E-state index contributed by atoms with van der Waals surface area (Å²) in [5.74, 6) is 6.47. The van der Waals surface area contributed by atoms with E-state index in [1.165, 1.54) is 0 Å². The first-order valence-electron chi connectivity index (χ1n) is 10.6. The number of hydrogen-bond donors (Lipinski definition) is 5. The Morgan fingerprint density at radius 2 is 1.90 bits per heavy atom. The van der Waals surface area contributed by atoms with Crippen molar-refractivity contribution >= 4 is 56.5 Å². The summed E-state index contributed by atoms with van der Waals surface area (Å²) in [5.41, 5.74) is 5.43. The largest absolute Gasteiger partial charge is 0.356 e. The van der Waals surface area contributed by atoms with Gasteiger partial charge in [0.2, 0.25) is 17.7 Å². The highest BCUT2D eigenvalue weighted by Gasteiger charge is 2.30. The maximum Gasteiger partial charge on any atom is 0.243 e. The van der Waals surface area contributed by atoms with Crippen LogP contribution in [0, 0.1) is 11.8 Å². The van der Waals surface area contributed by atoms with Crippen molar-refractivity contribution in [3.05, 3.63) is 0 Å². The molecule has 0 saturated heterocycles. The highest BCUT2D eigenvalue weighted by molar-refractivity contribution is 8.83. The van der Waals surface area contributed by atoms with Gasteiger partial charge in [-0.05, 0) is 49.5 Å². The van der Waals surface area contributed by atoms with Crippen molar-refractivity contribution in [3.8, 4) is 0 Å². The molecule has 30 heavy (non-hydrogen) atoms. The molecule has 1 aliphatic rings. The zero-order chi connectivity index (χ0) is 22.4. The average Bonchev–Trinajstić information content (AvgIpc) is 2.70. The predicted molar refractivity (Wildman–Crippen MR) is 133 cm³/mol. The van der Waals surface area contributed by atoms with E-state index < -0.39 is 6.04 Å². The molecule has 2 atom stereocenters. The molecule has 0 aromatic carbocycles. The molecule has 1 fully saturated rings. The molecule has 0 heterocycles. The van der Waals surface area contributed by atoms with E-state index in [-0.39, 0.29) is 33.7 Å². The molecular formula is C20H38N4O3S3. The SMILES string of the molecule is C=S(CC1CC(CNC(=O)CC(NC(=O)CCCCCS)C(=O)NCCN)C1)SC. The lowest BCUT2D eigenvalue weighted by molar-refractivity contribution is -0.132. The van der Waals surface area contributed by atoms with Crippen LogP contribution in [0.4, 0.5) is 0 Å². The molecule has 10 heteroatoms. The minimum atomic E-state index is -0.877. The molecule has 7 nitrogen and oxygen atoms in total. The highest BCUT2D eigenvalue weighted by Crippen LogP contribution is 2.39. The van der Waals surface area contributed by atoms with Crippen LogP contribution in [0.15, 0.2) is 0 Å². The number of hydrogen-bond acceptors (Lipinski definition) is 6. The smallest absolute Gasteiger partial charge is 0.243 e. The second-order valence-corrected chi connectivity index (χ2v) is 12.1. The summed E-state index contributed by atoms with van der Waals surface area (Å²) in [5, 5.41) is 8.29. The monoisotopic (exact) mass is 478 g/mol. The molecule has 1 saturated carbocycles. The third-order valence-corrected chi connectivity index (χ3v) is 8.58. The number of amides is 3. The molecule has 5 N–H and O–H groups in total. The van der Waals surface area contributed by atoms with Crippen LogP contribution in [-0.2, 0) is 14.4 Å². The van der Waals surface area contributed by atoms with Gasteiger partial charge in [-0.15, -0.1) is 20.3 Å². The van der Waals surface area contributed by atoms with Crippen LogP contribution in [0.3, 0.4) is 0 Å². The number of carbonyl (C=O) groups is 3. The Morgan fingerprint density at radius 1 is 1.17 bits per heavy atom. The Balaban J connectivity index is 2.40. The van der Waals surface area contributed by atoms with Crippen molar-refractivity contribution in [2.45, 2.75) is 51.0 Å². The van der Waals surface area contributed by atoms with Gasteiger partial charge in [0.25, 0.3) is 0 Å². The quantitative estimate of drug-likeness (QED) is 0.1000. The second kappa shape index (κ2) is 16.0. The zero-order valence-corrected chi connectivity index (χ0v) is 20.5. The summed E-state index contributed by atoms with van der Waals surface area (Å²) in [4.78, 5) is 36.9. The van der Waals surface area contributed by atoms with E-state index in [9.17, 15) is 14.4 Å². The number of carbonyl (C=O) groups excluding carboxylic acids is 3. The van der Waals surface area contributed by atoms with Gasteiger partial charge in [0.15, 0.2) is 0 Å². The fourth-order valence-electron chi connectivity index (χ4n) is 3.39. The Bertz CT molecular complexity index is 571. The van der Waals surface area contributed by atoms with Crippen LogP contribution in [0.25, 0.3) is 0 Å². The average molecular weight is 479 g/mol. The van der Waals surface area contributed by atoms with E-state index in [1.54, 1.807) is 0 Å². The first-order chi connectivity index (χ1) is 14.4. The lowest BCUT2D eigenvalue weighted by Gasteiger charge is -2.36. The van der Waals surface area contributed by atoms with E-state index in [4.69, 9.17) is 5.73 Å². The van der Waals surface area contributed by atoms with Gasteiger partial charge in [-0.2, -0.15) is 12.6 Å². The minimum Gasteiger partial charge on any atom is -0.356 e. The van der Waals surface area contributed by atoms with Gasteiger partial charge in [0, 0.05) is 31.8 Å². The van der Waals surface area contributed by atoms with Gasteiger partial charge in [-0.25, -0.2) is 0 Å². The van der Waals surface area contributed by atoms with Gasteiger partial charge < -0.3 is 21.7 Å². The van der Waals surface area contributed by atoms with E-state index in [0.717, 1.165) is 43.6 Å². The van der Waals surface area contributed by atoms with Gasteiger partial charge in [-0.1, -0.05) is 12.3 Å². The Hall–Kier alpha value is -0.710. The number of unbranched alkanes of at least 4 members (excludes halogenated alkanes) is 2. The Morgan fingerprint density at radius 3 is 2.53 bits per heavy atom. The molecule has 0 aliphatic heterocycles. The van der Waals surface area contributed by atoms with Crippen LogP contribution in [0.2, 0.25) is 0 Å². The fourth-order valence-corrected chi connectivity index (χ4v) is 5.53. The predicted octanol–water partition coefficient (Wildman–Crippen LogP) is 1.55. The molecule has 1 rings (SSSR count). The molecule has 174 valence electrons. The van der Waals surface area contributed by atoms with Gasteiger partial charge in [0.1, 0.15) is 6.04 Å². The summed E-state index contributed by atoms with van der Waals surface area (Å²) < 4.78 is 0. The summed E-state index contributed by atoms with van der Waals surface area (Å²) in [7, 11) is 1.98. The molecule has 0 aromatic rings. The normalized spacial score (nSPS) is 20.0. The third kappa shape index (κ3) is 11.6. The third-order valence-electron chi connectivity index (χ3n) is 5.13. The van der Waals surface area contributed by atoms with Crippen molar-refractivity contribution in [2.24, 2.45) is 17.6 Å². The standard InChI is InChI=1S/C20H38N4O3S3/c1-29-30(2)14-16-10-15(11-16)13-23-19(26)12-17(20(27)22-8-7-21)24-18(25)6-4-3-5-9-28/h15-17,28H,2-14,21H2,1H3,(H,22,27)(H,23,26)(H,24,25). The molecule has 0 spiro atoms. The second-order valence-electron chi connectivity index (χ2n) is 7.72. The molecule has 0 bridgehead atoms. The number of rotatable bonds is 16. The van der Waals surface area contributed by atoms with Gasteiger partial charge >= 0.3 is 0 Å². The number of nitrogens with one attached hydrogen (secondary N) is 3. The van der Waals surface area contributed by atoms with Crippen LogP contribution < -0.4 is 21.7 Å². The lowest BCUT2D eigenvalue weighted by atomic mass is 9.76. The van der Waals surface area contributed by atoms with Crippen LogP contribution in [0.5, 0.6) is 0 Å². The fraction of sp³-hybridized carbons (Fsp3) is 0.800. The molecular weight excluding hydrogens is 440 g/mol. The molecule has 0 aromatic heterocycles. The summed E-state index contributed by atoms with van der Waals surface area (Å²) >= 11 is 4.16. The molecule has 0 radical (unpaired) electrons. The van der Waals surface area contributed by atoms with Crippen molar-refractivity contribution in [2.75, 3.05) is 37.4 Å². The van der Waals surface area contributed by atoms with Crippen LogP contribution in [0.1, 0.15) is 44.9 Å². The van der Waals surface area contributed by atoms with Crippen molar-refractivity contribution in [1.82, 2.24) is 16.0 Å². The Kier molecular flexibility index (Phi) is 14.6. The Labute approximate surface area is 192 Å². The first-order valence-corrected chi connectivity index (χ1v) is 14.5. The van der Waals surface area contributed by atoms with Crippen molar-refractivity contribution in [3.63, 3.8) is 0 Å². The van der Waals surface area contributed by atoms with Crippen LogP contribution >= 0.6 is 32.9 Å². The maximum absolute atomic E-state index is 12.4.